The molecular weight excluding hydrogens is 304 g/mol. The normalized spacial score (nSPS) is 27.4. The Bertz CT molecular complexity index is 627. The quantitative estimate of drug-likeness (QED) is 0.597. The molecule has 0 bridgehead atoms. The monoisotopic (exact) mass is 320 g/mol. The van der Waals surface area contributed by atoms with Crippen LogP contribution in [0.25, 0.3) is 9.69 Å². The first-order valence-corrected chi connectivity index (χ1v) is 9.42. The molecule has 1 rings (SSSR count). The van der Waals surface area contributed by atoms with Crippen LogP contribution in [-0.2, 0) is 20.0 Å². The topological polar surface area (TPSA) is 97.2 Å². The van der Waals surface area contributed by atoms with Gasteiger partial charge in [-0.25, -0.2) is 21.6 Å². The Morgan fingerprint density at radius 2 is 1.60 bits per heavy atom. The molecule has 1 aliphatic carbocycles. The van der Waals surface area contributed by atoms with Crippen molar-refractivity contribution in [3.8, 4) is 0 Å². The maximum absolute atomic E-state index is 12.1. The van der Waals surface area contributed by atoms with E-state index in [0.29, 0.717) is 12.8 Å². The summed E-state index contributed by atoms with van der Waals surface area (Å²) < 4.78 is 53.8. The summed E-state index contributed by atoms with van der Waals surface area (Å²) in [6.07, 6.45) is 0.670. The molecule has 0 amide bonds. The highest BCUT2D eigenvalue weighted by atomic mass is 32.2. The van der Waals surface area contributed by atoms with Crippen molar-refractivity contribution in [1.82, 2.24) is 0 Å². The van der Waals surface area contributed by atoms with Gasteiger partial charge in [-0.1, -0.05) is 0 Å². The van der Waals surface area contributed by atoms with E-state index < -0.39 is 43.0 Å². The lowest BCUT2D eigenvalue weighted by molar-refractivity contribution is 0.446. The van der Waals surface area contributed by atoms with Crippen LogP contribution in [0.2, 0.25) is 0 Å². The van der Waals surface area contributed by atoms with Gasteiger partial charge in [0.25, 0.3) is 22.2 Å². The Kier molecular flexibility index (Phi) is 5.51. The van der Waals surface area contributed by atoms with Gasteiger partial charge in [0.2, 0.25) is 0 Å². The van der Waals surface area contributed by atoms with Crippen molar-refractivity contribution in [3.05, 3.63) is 22.8 Å². The van der Waals surface area contributed by atoms with Gasteiger partial charge in [0.1, 0.15) is 0 Å². The molecule has 9 heteroatoms. The highest BCUT2D eigenvalue weighted by Gasteiger charge is 2.43. The molecule has 0 saturated heterocycles. The minimum atomic E-state index is -4.16. The van der Waals surface area contributed by atoms with Gasteiger partial charge in [0.15, 0.2) is 9.84 Å². The molecular formula is C11H16N2O5S2. The number of sulfone groups is 1. The van der Waals surface area contributed by atoms with Gasteiger partial charge in [-0.05, 0) is 12.8 Å². The van der Waals surface area contributed by atoms with Crippen molar-refractivity contribution in [2.24, 2.45) is 0 Å². The first-order chi connectivity index (χ1) is 9.19. The van der Waals surface area contributed by atoms with Gasteiger partial charge in [-0.15, -0.1) is 0 Å². The van der Waals surface area contributed by atoms with Crippen molar-refractivity contribution in [2.45, 2.75) is 43.0 Å². The lowest BCUT2D eigenvalue weighted by Gasteiger charge is -2.23. The van der Waals surface area contributed by atoms with Crippen molar-refractivity contribution in [2.75, 3.05) is 11.5 Å². The fourth-order valence-electron chi connectivity index (χ4n) is 2.32. The molecule has 0 aliphatic heterocycles. The predicted octanol–water partition coefficient (Wildman–Crippen LogP) is 0.807. The van der Waals surface area contributed by atoms with E-state index >= 15 is 0 Å². The third kappa shape index (κ3) is 4.75. The molecule has 1 fully saturated rings. The van der Waals surface area contributed by atoms with Crippen LogP contribution in [0.3, 0.4) is 0 Å². The Morgan fingerprint density at radius 1 is 1.00 bits per heavy atom. The molecule has 0 spiro atoms. The maximum Gasteiger partial charge on any atom is 0.298 e. The smallest absolute Gasteiger partial charge is 0.298 e. The molecule has 112 valence electrons. The zero-order valence-corrected chi connectivity index (χ0v) is 12.4. The van der Waals surface area contributed by atoms with Gasteiger partial charge in [0.05, 0.1) is 16.8 Å². The average Bonchev–Trinajstić information content (AvgIpc) is 2.36. The van der Waals surface area contributed by atoms with Crippen LogP contribution in [0.5, 0.6) is 0 Å². The molecule has 1 saturated carbocycles. The highest BCUT2D eigenvalue weighted by Crippen LogP contribution is 2.29. The summed E-state index contributed by atoms with van der Waals surface area (Å²) >= 11 is 0. The lowest BCUT2D eigenvalue weighted by Crippen LogP contribution is -2.37. The fourth-order valence-corrected chi connectivity index (χ4v) is 4.88. The zero-order valence-electron chi connectivity index (χ0n) is 10.8. The average molecular weight is 320 g/mol. The Labute approximate surface area is 119 Å². The van der Waals surface area contributed by atoms with E-state index in [-0.39, 0.29) is 18.6 Å². The zero-order chi connectivity index (χ0) is 15.4. The van der Waals surface area contributed by atoms with E-state index in [1.807, 2.05) is 0 Å². The molecule has 20 heavy (non-hydrogen) atoms. The molecule has 0 heterocycles. The second kappa shape index (κ2) is 6.53. The van der Waals surface area contributed by atoms with Gasteiger partial charge >= 0.3 is 0 Å². The van der Waals surface area contributed by atoms with Crippen LogP contribution < -0.4 is 0 Å². The molecule has 3 unspecified atom stereocenters. The molecule has 0 aromatic rings. The summed E-state index contributed by atoms with van der Waals surface area (Å²) in [6, 6.07) is -1.06. The van der Waals surface area contributed by atoms with Crippen LogP contribution in [0.15, 0.2) is 0 Å². The Hall–Kier alpha value is -1.16. The van der Waals surface area contributed by atoms with Crippen molar-refractivity contribution >= 4 is 20.0 Å². The van der Waals surface area contributed by atoms with E-state index in [1.165, 1.54) is 0 Å². The molecule has 7 nitrogen and oxygen atoms in total. The minimum absolute atomic E-state index is 0.130. The largest absolute Gasteiger partial charge is 0.305 e. The summed E-state index contributed by atoms with van der Waals surface area (Å²) in [6.45, 7) is 14.0. The molecule has 0 aromatic carbocycles. The van der Waals surface area contributed by atoms with Crippen molar-refractivity contribution in [1.29, 1.82) is 0 Å². The van der Waals surface area contributed by atoms with Gasteiger partial charge in [-0.3, -0.25) is 4.55 Å². The van der Waals surface area contributed by atoms with Gasteiger partial charge < -0.3 is 9.69 Å². The van der Waals surface area contributed by atoms with E-state index in [1.54, 1.807) is 0 Å². The van der Waals surface area contributed by atoms with E-state index in [2.05, 4.69) is 9.69 Å². The minimum Gasteiger partial charge on any atom is -0.305 e. The molecule has 0 radical (unpaired) electrons. The predicted molar refractivity (Wildman–Crippen MR) is 73.2 cm³/mol. The van der Waals surface area contributed by atoms with Crippen molar-refractivity contribution in [3.63, 3.8) is 0 Å². The number of rotatable bonds is 5. The number of hydrogen-bond acceptors (Lipinski definition) is 4. The molecule has 3 atom stereocenters. The van der Waals surface area contributed by atoms with Crippen LogP contribution in [-0.4, -0.2) is 50.2 Å². The summed E-state index contributed by atoms with van der Waals surface area (Å²) in [5.74, 6) is -0.916. The first-order valence-electron chi connectivity index (χ1n) is 6.09. The second-order valence-electron chi connectivity index (χ2n) is 4.83. The summed E-state index contributed by atoms with van der Waals surface area (Å²) in [7, 11) is -7.66. The van der Waals surface area contributed by atoms with Gasteiger partial charge in [-0.2, -0.15) is 8.42 Å². The van der Waals surface area contributed by atoms with E-state index in [4.69, 9.17) is 17.7 Å². The maximum atomic E-state index is 12.1. The lowest BCUT2D eigenvalue weighted by atomic mass is 9.91. The number of nitrogens with zero attached hydrogens (tertiary/aromatic N) is 2. The fraction of sp³-hybridized carbons (Fsp3) is 0.818. The highest BCUT2D eigenvalue weighted by molar-refractivity contribution is 7.92. The molecule has 0 aromatic heterocycles. The van der Waals surface area contributed by atoms with Crippen LogP contribution in [0, 0.1) is 13.1 Å². The van der Waals surface area contributed by atoms with Crippen LogP contribution in [0.4, 0.5) is 0 Å². The van der Waals surface area contributed by atoms with Crippen molar-refractivity contribution < 1.29 is 21.4 Å². The Balaban J connectivity index is 2.66. The summed E-state index contributed by atoms with van der Waals surface area (Å²) in [5, 5.41) is -0.694. The summed E-state index contributed by atoms with van der Waals surface area (Å²) in [5.41, 5.74) is 0. The first kappa shape index (κ1) is 16.9. The third-order valence-electron chi connectivity index (χ3n) is 3.40. The van der Waals surface area contributed by atoms with Crippen LogP contribution in [0.1, 0.15) is 25.7 Å². The summed E-state index contributed by atoms with van der Waals surface area (Å²) in [4.78, 5) is 6.66. The van der Waals surface area contributed by atoms with Gasteiger partial charge in [0, 0.05) is 12.8 Å². The van der Waals surface area contributed by atoms with E-state index in [9.17, 15) is 16.8 Å². The van der Waals surface area contributed by atoms with E-state index in [0.717, 1.165) is 0 Å². The second-order valence-corrected chi connectivity index (χ2v) is 8.81. The Morgan fingerprint density at radius 3 is 2.10 bits per heavy atom. The molecule has 1 aliphatic rings. The van der Waals surface area contributed by atoms with Crippen LogP contribution >= 0.6 is 0 Å². The third-order valence-corrected chi connectivity index (χ3v) is 6.51. The standard InChI is InChI=1S/C11H16N2O5S2/c1-12-10-5-4-9(8-11(10)13-2)19(14,15)6-3-7-20(16,17)18/h9-11H,3-8H2,(H,16,17,18). The molecule has 1 N–H and O–H groups in total. The SMILES string of the molecule is [C-]#[N+]C1CCC(S(=O)(=O)CCCS(=O)(=O)O)CC1[N+]#[C-]. The number of hydrogen-bond donors (Lipinski definition) is 1.